The van der Waals surface area contributed by atoms with Crippen LogP contribution in [0.5, 0.6) is 0 Å². The van der Waals surface area contributed by atoms with Crippen LogP contribution in [0.2, 0.25) is 0 Å². The molecule has 1 aromatic carbocycles. The Hall–Kier alpha value is -2.14. The fourth-order valence-corrected chi connectivity index (χ4v) is 3.71. The molecule has 0 saturated carbocycles. The van der Waals surface area contributed by atoms with Crippen LogP contribution in [0.1, 0.15) is 5.56 Å². The van der Waals surface area contributed by atoms with Gasteiger partial charge in [-0.3, -0.25) is 4.79 Å². The molecule has 4 atom stereocenters. The fourth-order valence-electron chi connectivity index (χ4n) is 3.71. The molecule has 3 heterocycles. The van der Waals surface area contributed by atoms with Crippen LogP contribution in [0.4, 0.5) is 5.69 Å². The maximum absolute atomic E-state index is 12.7. The largest absolute Gasteiger partial charge is 0.550 e. The summed E-state index contributed by atoms with van der Waals surface area (Å²) in [5.74, 6) is -2.98. The van der Waals surface area contributed by atoms with Gasteiger partial charge in [0.25, 0.3) is 0 Å². The number of aliphatic carboxylic acids is 1. The highest BCUT2D eigenvalue weighted by molar-refractivity contribution is 6.02. The predicted octanol–water partition coefficient (Wildman–Crippen LogP) is 0.0313. The summed E-state index contributed by atoms with van der Waals surface area (Å²) in [5, 5.41) is 11.4. The van der Waals surface area contributed by atoms with E-state index in [0.717, 1.165) is 11.3 Å². The highest BCUT2D eigenvalue weighted by Gasteiger charge is 2.65. The van der Waals surface area contributed by atoms with Crippen LogP contribution in [0.25, 0.3) is 0 Å². The molecule has 0 aliphatic carbocycles. The van der Waals surface area contributed by atoms with Crippen LogP contribution < -0.4 is 10.0 Å². The highest BCUT2D eigenvalue weighted by atomic mass is 16.5. The standard InChI is InChI=1S/C16H15NO4/c1-9-2-4-10(5-3-9)17-8-16-7-6-11(21-16)12(15(19)20)13(16)14(17)18/h2-7,11-13H,8H2,1H3,(H,19,20)/p-1/t11-,12-,13-,16+/m0/s1. The molecule has 2 bridgehead atoms. The van der Waals surface area contributed by atoms with Crippen LogP contribution in [0.3, 0.4) is 0 Å². The Morgan fingerprint density at radius 3 is 2.76 bits per heavy atom. The predicted molar refractivity (Wildman–Crippen MR) is 72.3 cm³/mol. The number of aryl methyl sites for hydroxylation is 1. The number of carbonyl (C=O) groups is 2. The quantitative estimate of drug-likeness (QED) is 0.719. The molecule has 4 rings (SSSR count). The van der Waals surface area contributed by atoms with Gasteiger partial charge in [-0.2, -0.15) is 0 Å². The zero-order valence-electron chi connectivity index (χ0n) is 11.5. The summed E-state index contributed by atoms with van der Waals surface area (Å²) in [5.41, 5.74) is 1.07. The molecule has 2 fully saturated rings. The molecule has 1 spiro atoms. The fraction of sp³-hybridized carbons (Fsp3) is 0.375. The van der Waals surface area contributed by atoms with Crippen molar-refractivity contribution in [1.82, 2.24) is 0 Å². The first-order valence-corrected chi connectivity index (χ1v) is 6.98. The summed E-state index contributed by atoms with van der Waals surface area (Å²) < 4.78 is 5.81. The Bertz CT molecular complexity index is 665. The molecule has 108 valence electrons. The second-order valence-electron chi connectivity index (χ2n) is 5.98. The summed E-state index contributed by atoms with van der Waals surface area (Å²) in [6, 6.07) is 7.60. The van der Waals surface area contributed by atoms with Crippen LogP contribution in [-0.2, 0) is 14.3 Å². The molecular formula is C16H14NO4-. The van der Waals surface area contributed by atoms with Crippen molar-refractivity contribution in [3.05, 3.63) is 42.0 Å². The monoisotopic (exact) mass is 284 g/mol. The topological polar surface area (TPSA) is 69.7 Å². The maximum atomic E-state index is 12.7. The van der Waals surface area contributed by atoms with E-state index in [1.807, 2.05) is 37.3 Å². The number of hydrogen-bond donors (Lipinski definition) is 0. The van der Waals surface area contributed by atoms with E-state index in [1.54, 1.807) is 11.0 Å². The van der Waals surface area contributed by atoms with E-state index in [-0.39, 0.29) is 5.91 Å². The third-order valence-electron chi connectivity index (χ3n) is 4.72. The molecule has 3 aliphatic rings. The lowest BCUT2D eigenvalue weighted by molar-refractivity contribution is -0.313. The minimum absolute atomic E-state index is 0.195. The van der Waals surface area contributed by atoms with E-state index in [2.05, 4.69) is 0 Å². The highest BCUT2D eigenvalue weighted by Crippen LogP contribution is 2.52. The molecular weight excluding hydrogens is 270 g/mol. The minimum atomic E-state index is -1.21. The van der Waals surface area contributed by atoms with Crippen molar-refractivity contribution in [1.29, 1.82) is 0 Å². The van der Waals surface area contributed by atoms with Gasteiger partial charge >= 0.3 is 0 Å². The van der Waals surface area contributed by atoms with Gasteiger partial charge in [-0.15, -0.1) is 0 Å². The van der Waals surface area contributed by atoms with Gasteiger partial charge in [0.05, 0.1) is 18.6 Å². The molecule has 5 heteroatoms. The smallest absolute Gasteiger partial charge is 0.234 e. The van der Waals surface area contributed by atoms with Crippen molar-refractivity contribution in [3.8, 4) is 0 Å². The first kappa shape index (κ1) is 12.6. The molecule has 21 heavy (non-hydrogen) atoms. The number of hydrogen-bond acceptors (Lipinski definition) is 4. The van der Waals surface area contributed by atoms with Crippen molar-refractivity contribution in [2.75, 3.05) is 11.4 Å². The van der Waals surface area contributed by atoms with Gasteiger partial charge in [0.2, 0.25) is 5.91 Å². The number of benzene rings is 1. The first-order chi connectivity index (χ1) is 10.0. The maximum Gasteiger partial charge on any atom is 0.234 e. The SMILES string of the molecule is Cc1ccc(N2C[C@@]34C=C[C@H](O3)[C@H](C(=O)[O-])[C@H]4C2=O)cc1. The second kappa shape index (κ2) is 3.95. The number of rotatable bonds is 2. The van der Waals surface area contributed by atoms with E-state index in [9.17, 15) is 14.7 Å². The number of fused-ring (bicyclic) bond motifs is 1. The number of carbonyl (C=O) groups excluding carboxylic acids is 2. The number of carboxylic acid groups (broad SMARTS) is 1. The van der Waals surface area contributed by atoms with E-state index in [1.165, 1.54) is 0 Å². The Morgan fingerprint density at radius 1 is 1.38 bits per heavy atom. The van der Waals surface area contributed by atoms with E-state index in [0.29, 0.717) is 6.54 Å². The zero-order valence-corrected chi connectivity index (χ0v) is 11.5. The minimum Gasteiger partial charge on any atom is -0.550 e. The summed E-state index contributed by atoms with van der Waals surface area (Å²) in [6.45, 7) is 2.33. The summed E-state index contributed by atoms with van der Waals surface area (Å²) in [4.78, 5) is 25.7. The van der Waals surface area contributed by atoms with Crippen LogP contribution in [0.15, 0.2) is 36.4 Å². The van der Waals surface area contributed by atoms with Gasteiger partial charge in [0, 0.05) is 17.6 Å². The Balaban J connectivity index is 1.73. The average molecular weight is 284 g/mol. The van der Waals surface area contributed by atoms with Gasteiger partial charge < -0.3 is 19.5 Å². The number of anilines is 1. The summed E-state index contributed by atoms with van der Waals surface area (Å²) in [6.07, 6.45) is 3.04. The van der Waals surface area contributed by atoms with Gasteiger partial charge in [0.15, 0.2) is 0 Å². The van der Waals surface area contributed by atoms with Crippen molar-refractivity contribution in [3.63, 3.8) is 0 Å². The molecule has 0 aromatic heterocycles. The molecule has 0 N–H and O–H groups in total. The number of nitrogens with zero attached hydrogens (tertiary/aromatic N) is 1. The van der Waals surface area contributed by atoms with Crippen molar-refractivity contribution >= 4 is 17.6 Å². The number of carboxylic acids is 1. The van der Waals surface area contributed by atoms with Gasteiger partial charge in [-0.05, 0) is 19.1 Å². The zero-order chi connectivity index (χ0) is 14.8. The molecule has 1 amide bonds. The van der Waals surface area contributed by atoms with Crippen molar-refractivity contribution in [2.24, 2.45) is 11.8 Å². The second-order valence-corrected chi connectivity index (χ2v) is 5.98. The summed E-state index contributed by atoms with van der Waals surface area (Å²) >= 11 is 0. The lowest BCUT2D eigenvalue weighted by atomic mass is 9.77. The lowest BCUT2D eigenvalue weighted by Crippen LogP contribution is -2.45. The third kappa shape index (κ3) is 1.55. The molecule has 5 nitrogen and oxygen atoms in total. The average Bonchev–Trinajstić information content (AvgIpc) is 3.08. The van der Waals surface area contributed by atoms with Crippen molar-refractivity contribution < 1.29 is 19.4 Å². The van der Waals surface area contributed by atoms with Crippen LogP contribution >= 0.6 is 0 Å². The third-order valence-corrected chi connectivity index (χ3v) is 4.72. The van der Waals surface area contributed by atoms with Crippen LogP contribution in [0, 0.1) is 18.8 Å². The normalized spacial score (nSPS) is 36.3. The molecule has 0 radical (unpaired) electrons. The van der Waals surface area contributed by atoms with E-state index < -0.39 is 29.5 Å². The Labute approximate surface area is 121 Å². The van der Waals surface area contributed by atoms with Gasteiger partial charge in [-0.1, -0.05) is 29.8 Å². The van der Waals surface area contributed by atoms with E-state index >= 15 is 0 Å². The van der Waals surface area contributed by atoms with E-state index in [4.69, 9.17) is 4.74 Å². The van der Waals surface area contributed by atoms with Gasteiger partial charge in [0.1, 0.15) is 5.60 Å². The van der Waals surface area contributed by atoms with Crippen molar-refractivity contribution in [2.45, 2.75) is 18.6 Å². The molecule has 2 saturated heterocycles. The molecule has 0 unspecified atom stereocenters. The van der Waals surface area contributed by atoms with Gasteiger partial charge in [-0.25, -0.2) is 0 Å². The Kier molecular flexibility index (Phi) is 2.37. The lowest BCUT2D eigenvalue weighted by Gasteiger charge is -2.24. The first-order valence-electron chi connectivity index (χ1n) is 6.98. The Morgan fingerprint density at radius 2 is 2.10 bits per heavy atom. The number of amides is 1. The molecule has 1 aromatic rings. The van der Waals surface area contributed by atoms with Crippen LogP contribution in [-0.4, -0.2) is 30.1 Å². The number of ether oxygens (including phenoxy) is 1. The molecule has 3 aliphatic heterocycles. The summed E-state index contributed by atoms with van der Waals surface area (Å²) in [7, 11) is 0.